The Kier molecular flexibility index (Phi) is 7.56. The Labute approximate surface area is 185 Å². The number of hydrogen-bond donors (Lipinski definition) is 1. The van der Waals surface area contributed by atoms with Gasteiger partial charge in [0.25, 0.3) is 0 Å². The van der Waals surface area contributed by atoms with Gasteiger partial charge in [-0.2, -0.15) is 12.7 Å². The molecule has 1 aliphatic rings. The molecule has 8 heteroatoms. The lowest BCUT2D eigenvalue weighted by atomic mass is 9.98. The van der Waals surface area contributed by atoms with E-state index in [2.05, 4.69) is 5.32 Å². The number of ether oxygens (including phenoxy) is 1. The standard InChI is InChI=1S/C23H31N3O4S/c1-4-26(21-11-13-22(30-3)14-12-21)31(28,29)25-15-7-10-20(17-25)23(27)24-16-19-9-6-5-8-18(19)2/h5-6,8-9,11-14,20H,4,7,10,15-17H2,1-3H3,(H,24,27)/t20-/m1/s1. The fourth-order valence-corrected chi connectivity index (χ4v) is 5.59. The quantitative estimate of drug-likeness (QED) is 0.677. The van der Waals surface area contributed by atoms with E-state index in [9.17, 15) is 13.2 Å². The predicted molar refractivity (Wildman–Crippen MR) is 122 cm³/mol. The van der Waals surface area contributed by atoms with Crippen molar-refractivity contribution in [2.24, 2.45) is 5.92 Å². The van der Waals surface area contributed by atoms with E-state index in [4.69, 9.17) is 4.74 Å². The lowest BCUT2D eigenvalue weighted by molar-refractivity contribution is -0.126. The Hall–Kier alpha value is -2.58. The van der Waals surface area contributed by atoms with Crippen LogP contribution in [-0.4, -0.2) is 45.4 Å². The molecule has 1 amide bonds. The summed E-state index contributed by atoms with van der Waals surface area (Å²) in [7, 11) is -2.17. The van der Waals surface area contributed by atoms with E-state index >= 15 is 0 Å². The Morgan fingerprint density at radius 2 is 1.90 bits per heavy atom. The van der Waals surface area contributed by atoms with Gasteiger partial charge in [0.2, 0.25) is 5.91 Å². The third-order valence-corrected chi connectivity index (χ3v) is 7.73. The summed E-state index contributed by atoms with van der Waals surface area (Å²) in [6.07, 6.45) is 1.34. The summed E-state index contributed by atoms with van der Waals surface area (Å²) in [5, 5.41) is 2.98. The van der Waals surface area contributed by atoms with Crippen molar-refractivity contribution in [2.45, 2.75) is 33.2 Å². The first-order valence-electron chi connectivity index (χ1n) is 10.6. The number of nitrogens with zero attached hydrogens (tertiary/aromatic N) is 2. The van der Waals surface area contributed by atoms with Crippen molar-refractivity contribution in [3.8, 4) is 5.75 Å². The third-order valence-electron chi connectivity index (χ3n) is 5.72. The molecule has 0 spiro atoms. The van der Waals surface area contributed by atoms with Gasteiger partial charge in [-0.1, -0.05) is 24.3 Å². The Bertz CT molecular complexity index is 992. The van der Waals surface area contributed by atoms with Crippen molar-refractivity contribution >= 4 is 21.8 Å². The predicted octanol–water partition coefficient (Wildman–Crippen LogP) is 3.10. The average molecular weight is 446 g/mol. The summed E-state index contributed by atoms with van der Waals surface area (Å²) < 4.78 is 34.7. The number of anilines is 1. The maximum atomic E-state index is 13.4. The first-order chi connectivity index (χ1) is 14.9. The molecule has 1 N–H and O–H groups in total. The number of methoxy groups -OCH3 is 1. The van der Waals surface area contributed by atoms with Crippen LogP contribution in [0.1, 0.15) is 30.9 Å². The van der Waals surface area contributed by atoms with Gasteiger partial charge in [-0.15, -0.1) is 0 Å². The second kappa shape index (κ2) is 10.2. The van der Waals surface area contributed by atoms with E-state index in [1.807, 2.05) is 31.2 Å². The number of carbonyl (C=O) groups excluding carboxylic acids is 1. The molecule has 0 unspecified atom stereocenters. The van der Waals surface area contributed by atoms with Gasteiger partial charge in [0, 0.05) is 26.2 Å². The number of amides is 1. The molecule has 0 aromatic heterocycles. The Morgan fingerprint density at radius 3 is 2.55 bits per heavy atom. The molecular weight excluding hydrogens is 414 g/mol. The van der Waals surface area contributed by atoms with Crippen molar-refractivity contribution in [3.63, 3.8) is 0 Å². The maximum Gasteiger partial charge on any atom is 0.304 e. The highest BCUT2D eigenvalue weighted by Crippen LogP contribution is 2.27. The second-order valence-electron chi connectivity index (χ2n) is 7.71. The number of carbonyl (C=O) groups is 1. The van der Waals surface area contributed by atoms with E-state index in [-0.39, 0.29) is 18.4 Å². The molecule has 2 aromatic rings. The molecular formula is C23H31N3O4S. The van der Waals surface area contributed by atoms with E-state index in [1.54, 1.807) is 38.3 Å². The highest BCUT2D eigenvalue weighted by molar-refractivity contribution is 7.90. The van der Waals surface area contributed by atoms with Gasteiger partial charge in [0.1, 0.15) is 5.75 Å². The maximum absolute atomic E-state index is 13.4. The largest absolute Gasteiger partial charge is 0.497 e. The first-order valence-corrected chi connectivity index (χ1v) is 12.0. The molecule has 1 saturated heterocycles. The van der Waals surface area contributed by atoms with Gasteiger partial charge in [0.05, 0.1) is 18.7 Å². The van der Waals surface area contributed by atoms with Gasteiger partial charge >= 0.3 is 10.2 Å². The minimum atomic E-state index is -3.74. The molecule has 0 aliphatic carbocycles. The van der Waals surface area contributed by atoms with E-state index in [1.165, 1.54) is 8.61 Å². The number of benzene rings is 2. The molecule has 0 bridgehead atoms. The van der Waals surface area contributed by atoms with Crippen LogP contribution in [0.5, 0.6) is 5.75 Å². The van der Waals surface area contributed by atoms with Gasteiger partial charge in [-0.25, -0.2) is 0 Å². The fraction of sp³-hybridized carbons (Fsp3) is 0.435. The van der Waals surface area contributed by atoms with E-state index in [0.717, 1.165) is 11.1 Å². The molecule has 1 atom stereocenters. The van der Waals surface area contributed by atoms with Crippen LogP contribution < -0.4 is 14.4 Å². The van der Waals surface area contributed by atoms with Crippen LogP contribution in [0, 0.1) is 12.8 Å². The fourth-order valence-electron chi connectivity index (χ4n) is 3.87. The minimum Gasteiger partial charge on any atom is -0.497 e. The summed E-state index contributed by atoms with van der Waals surface area (Å²) >= 11 is 0. The molecule has 0 saturated carbocycles. The summed E-state index contributed by atoms with van der Waals surface area (Å²) in [6, 6.07) is 14.9. The zero-order valence-corrected chi connectivity index (χ0v) is 19.2. The molecule has 1 fully saturated rings. The molecule has 7 nitrogen and oxygen atoms in total. The van der Waals surface area contributed by atoms with Crippen LogP contribution in [-0.2, 0) is 21.5 Å². The molecule has 3 rings (SSSR count). The summed E-state index contributed by atoms with van der Waals surface area (Å²) in [4.78, 5) is 12.8. The van der Waals surface area contributed by atoms with Crippen LogP contribution >= 0.6 is 0 Å². The SMILES string of the molecule is CCN(c1ccc(OC)cc1)S(=O)(=O)N1CCC[C@@H](C(=O)NCc2ccccc2C)C1. The monoisotopic (exact) mass is 445 g/mol. The lowest BCUT2D eigenvalue weighted by Crippen LogP contribution is -2.50. The summed E-state index contributed by atoms with van der Waals surface area (Å²) in [5.74, 6) is 0.207. The number of piperidine rings is 1. The highest BCUT2D eigenvalue weighted by Gasteiger charge is 2.35. The molecule has 2 aromatic carbocycles. The number of rotatable bonds is 8. The topological polar surface area (TPSA) is 79.0 Å². The van der Waals surface area contributed by atoms with Crippen LogP contribution in [0.4, 0.5) is 5.69 Å². The van der Waals surface area contributed by atoms with Gasteiger partial charge < -0.3 is 10.1 Å². The van der Waals surface area contributed by atoms with Crippen LogP contribution in [0.25, 0.3) is 0 Å². The zero-order valence-electron chi connectivity index (χ0n) is 18.4. The van der Waals surface area contributed by atoms with E-state index < -0.39 is 10.2 Å². The van der Waals surface area contributed by atoms with Crippen molar-refractivity contribution in [3.05, 3.63) is 59.7 Å². The Balaban J connectivity index is 1.68. The van der Waals surface area contributed by atoms with Gasteiger partial charge in [-0.3, -0.25) is 9.10 Å². The normalized spacial score (nSPS) is 17.2. The number of hydrogen-bond acceptors (Lipinski definition) is 4. The van der Waals surface area contributed by atoms with Crippen LogP contribution in [0.3, 0.4) is 0 Å². The zero-order chi connectivity index (χ0) is 22.4. The average Bonchev–Trinajstić information content (AvgIpc) is 2.79. The first kappa shape index (κ1) is 23.1. The van der Waals surface area contributed by atoms with Crippen molar-refractivity contribution in [1.29, 1.82) is 0 Å². The molecule has 0 radical (unpaired) electrons. The summed E-state index contributed by atoms with van der Waals surface area (Å²) in [5.41, 5.74) is 2.76. The molecule has 31 heavy (non-hydrogen) atoms. The van der Waals surface area contributed by atoms with Gasteiger partial charge in [-0.05, 0) is 62.1 Å². The van der Waals surface area contributed by atoms with Crippen molar-refractivity contribution in [1.82, 2.24) is 9.62 Å². The van der Waals surface area contributed by atoms with Crippen molar-refractivity contribution in [2.75, 3.05) is 31.0 Å². The van der Waals surface area contributed by atoms with Crippen molar-refractivity contribution < 1.29 is 17.9 Å². The minimum absolute atomic E-state index is 0.101. The third kappa shape index (κ3) is 5.37. The highest BCUT2D eigenvalue weighted by atomic mass is 32.2. The van der Waals surface area contributed by atoms with Crippen LogP contribution in [0.15, 0.2) is 48.5 Å². The lowest BCUT2D eigenvalue weighted by Gasteiger charge is -2.35. The van der Waals surface area contributed by atoms with E-state index in [0.29, 0.717) is 43.9 Å². The molecule has 1 heterocycles. The summed E-state index contributed by atoms with van der Waals surface area (Å²) in [6.45, 7) is 5.16. The number of nitrogens with one attached hydrogen (secondary N) is 1. The Morgan fingerprint density at radius 1 is 1.19 bits per heavy atom. The number of aryl methyl sites for hydroxylation is 1. The van der Waals surface area contributed by atoms with Gasteiger partial charge in [0.15, 0.2) is 0 Å². The van der Waals surface area contributed by atoms with Crippen LogP contribution in [0.2, 0.25) is 0 Å². The second-order valence-corrected chi connectivity index (χ2v) is 9.56. The molecule has 168 valence electrons. The smallest absolute Gasteiger partial charge is 0.304 e. The molecule has 1 aliphatic heterocycles.